The van der Waals surface area contributed by atoms with Crippen LogP contribution in [0.25, 0.3) is 0 Å². The molecule has 1 aliphatic heterocycles. The highest BCUT2D eigenvalue weighted by Crippen LogP contribution is 2.35. The molecule has 20 heavy (non-hydrogen) atoms. The second-order valence-corrected chi connectivity index (χ2v) is 5.79. The number of halogens is 3. The first kappa shape index (κ1) is 13.7. The molecule has 1 heterocycles. The SMILES string of the molecule is FC(Cc1ccc(Cl)c(Cl)c1)c1cccc2c1NCC2. The molecular weight excluding hydrogens is 296 g/mol. The highest BCUT2D eigenvalue weighted by Gasteiger charge is 2.20. The Bertz CT molecular complexity index is 642. The molecule has 0 aromatic heterocycles. The fraction of sp³-hybridized carbons (Fsp3) is 0.250. The molecule has 1 unspecified atom stereocenters. The topological polar surface area (TPSA) is 12.0 Å². The number of nitrogens with one attached hydrogen (secondary N) is 1. The molecule has 0 fully saturated rings. The van der Waals surface area contributed by atoms with Crippen molar-refractivity contribution in [2.45, 2.75) is 19.0 Å². The van der Waals surface area contributed by atoms with E-state index in [1.54, 1.807) is 12.1 Å². The molecule has 0 amide bonds. The second kappa shape index (κ2) is 5.63. The Morgan fingerprint density at radius 1 is 1.15 bits per heavy atom. The quantitative estimate of drug-likeness (QED) is 0.820. The Labute approximate surface area is 127 Å². The van der Waals surface area contributed by atoms with Crippen LogP contribution in [-0.4, -0.2) is 6.54 Å². The standard InChI is InChI=1S/C16H14Cl2FN/c17-13-5-4-10(8-14(13)18)9-15(19)12-3-1-2-11-6-7-20-16(11)12/h1-5,8,15,20H,6-7,9H2. The second-order valence-electron chi connectivity index (χ2n) is 4.98. The fourth-order valence-electron chi connectivity index (χ4n) is 2.61. The lowest BCUT2D eigenvalue weighted by atomic mass is 9.99. The number of hydrogen-bond acceptors (Lipinski definition) is 1. The van der Waals surface area contributed by atoms with Crippen LogP contribution in [-0.2, 0) is 12.8 Å². The van der Waals surface area contributed by atoms with E-state index in [1.807, 2.05) is 24.3 Å². The van der Waals surface area contributed by atoms with Crippen molar-refractivity contribution < 1.29 is 4.39 Å². The summed E-state index contributed by atoms with van der Waals surface area (Å²) in [5.74, 6) is 0. The number of benzene rings is 2. The Kier molecular flexibility index (Phi) is 3.86. The summed E-state index contributed by atoms with van der Waals surface area (Å²) in [6.45, 7) is 0.881. The summed E-state index contributed by atoms with van der Waals surface area (Å²) >= 11 is 11.8. The molecule has 0 aliphatic carbocycles. The number of para-hydroxylation sites is 1. The van der Waals surface area contributed by atoms with E-state index >= 15 is 0 Å². The smallest absolute Gasteiger partial charge is 0.131 e. The van der Waals surface area contributed by atoms with E-state index in [0.29, 0.717) is 16.5 Å². The third kappa shape index (κ3) is 2.63. The molecule has 2 aromatic rings. The highest BCUT2D eigenvalue weighted by atomic mass is 35.5. The summed E-state index contributed by atoms with van der Waals surface area (Å²) in [5, 5.41) is 4.23. The van der Waals surface area contributed by atoms with Gasteiger partial charge in [-0.15, -0.1) is 0 Å². The van der Waals surface area contributed by atoms with Gasteiger partial charge in [0.1, 0.15) is 6.17 Å². The van der Waals surface area contributed by atoms with Gasteiger partial charge in [0, 0.05) is 24.2 Å². The van der Waals surface area contributed by atoms with Crippen LogP contribution in [0.4, 0.5) is 10.1 Å². The Hall–Kier alpha value is -1.25. The minimum absolute atomic E-state index is 0.301. The molecule has 1 N–H and O–H groups in total. The van der Waals surface area contributed by atoms with Crippen LogP contribution in [0.5, 0.6) is 0 Å². The Morgan fingerprint density at radius 2 is 2.00 bits per heavy atom. The average Bonchev–Trinajstić information content (AvgIpc) is 2.91. The van der Waals surface area contributed by atoms with Crippen LogP contribution in [0.15, 0.2) is 36.4 Å². The number of anilines is 1. The van der Waals surface area contributed by atoms with Crippen molar-refractivity contribution in [2.24, 2.45) is 0 Å². The van der Waals surface area contributed by atoms with Gasteiger partial charge < -0.3 is 5.32 Å². The van der Waals surface area contributed by atoms with Crippen molar-refractivity contribution in [3.8, 4) is 0 Å². The molecular formula is C16H14Cl2FN. The normalized spacial score (nSPS) is 14.8. The Balaban J connectivity index is 1.84. The zero-order chi connectivity index (χ0) is 14.1. The average molecular weight is 310 g/mol. The van der Waals surface area contributed by atoms with Crippen molar-refractivity contribution in [3.63, 3.8) is 0 Å². The van der Waals surface area contributed by atoms with Crippen molar-refractivity contribution in [2.75, 3.05) is 11.9 Å². The largest absolute Gasteiger partial charge is 0.384 e. The van der Waals surface area contributed by atoms with Gasteiger partial charge in [-0.3, -0.25) is 0 Å². The molecule has 0 radical (unpaired) electrons. The molecule has 0 saturated heterocycles. The van der Waals surface area contributed by atoms with E-state index in [1.165, 1.54) is 5.56 Å². The minimum atomic E-state index is -1.05. The monoisotopic (exact) mass is 309 g/mol. The zero-order valence-corrected chi connectivity index (χ0v) is 12.3. The van der Waals surface area contributed by atoms with E-state index < -0.39 is 6.17 Å². The van der Waals surface area contributed by atoms with Crippen LogP contribution < -0.4 is 5.32 Å². The zero-order valence-electron chi connectivity index (χ0n) is 10.8. The molecule has 0 spiro atoms. The maximum absolute atomic E-state index is 14.6. The third-order valence-corrected chi connectivity index (χ3v) is 4.35. The van der Waals surface area contributed by atoms with Gasteiger partial charge >= 0.3 is 0 Å². The van der Waals surface area contributed by atoms with Gasteiger partial charge in [0.05, 0.1) is 10.0 Å². The van der Waals surface area contributed by atoms with Gasteiger partial charge in [-0.2, -0.15) is 0 Å². The highest BCUT2D eigenvalue weighted by molar-refractivity contribution is 6.42. The van der Waals surface area contributed by atoms with E-state index in [9.17, 15) is 4.39 Å². The summed E-state index contributed by atoms with van der Waals surface area (Å²) < 4.78 is 14.6. The van der Waals surface area contributed by atoms with Gasteiger partial charge in [-0.25, -0.2) is 4.39 Å². The summed E-state index contributed by atoms with van der Waals surface area (Å²) in [6, 6.07) is 11.1. The molecule has 4 heteroatoms. The summed E-state index contributed by atoms with van der Waals surface area (Å²) in [7, 11) is 0. The molecule has 2 aromatic carbocycles. The summed E-state index contributed by atoms with van der Waals surface area (Å²) in [4.78, 5) is 0. The van der Waals surface area contributed by atoms with Crippen molar-refractivity contribution in [1.29, 1.82) is 0 Å². The van der Waals surface area contributed by atoms with Crippen LogP contribution in [0, 0.1) is 0 Å². The summed E-state index contributed by atoms with van der Waals surface area (Å²) in [5.41, 5.74) is 3.73. The fourth-order valence-corrected chi connectivity index (χ4v) is 2.93. The van der Waals surface area contributed by atoms with E-state index in [2.05, 4.69) is 5.32 Å². The molecule has 0 bridgehead atoms. The van der Waals surface area contributed by atoms with E-state index in [0.717, 1.165) is 29.8 Å². The number of fused-ring (bicyclic) bond motifs is 1. The first-order valence-electron chi connectivity index (χ1n) is 6.59. The van der Waals surface area contributed by atoms with Crippen molar-refractivity contribution in [1.82, 2.24) is 0 Å². The van der Waals surface area contributed by atoms with E-state index in [-0.39, 0.29) is 0 Å². The predicted molar refractivity (Wildman–Crippen MR) is 82.7 cm³/mol. The number of hydrogen-bond donors (Lipinski definition) is 1. The lowest BCUT2D eigenvalue weighted by Gasteiger charge is -2.14. The van der Waals surface area contributed by atoms with Gasteiger partial charge in [0.2, 0.25) is 0 Å². The molecule has 1 nitrogen and oxygen atoms in total. The maximum atomic E-state index is 14.6. The first-order chi connectivity index (χ1) is 9.65. The van der Waals surface area contributed by atoms with E-state index in [4.69, 9.17) is 23.2 Å². The maximum Gasteiger partial charge on any atom is 0.131 e. The van der Waals surface area contributed by atoms with Crippen molar-refractivity contribution >= 4 is 28.9 Å². The van der Waals surface area contributed by atoms with Crippen LogP contribution >= 0.6 is 23.2 Å². The molecule has 1 atom stereocenters. The molecule has 104 valence electrons. The Morgan fingerprint density at radius 3 is 2.80 bits per heavy atom. The number of alkyl halides is 1. The minimum Gasteiger partial charge on any atom is -0.384 e. The molecule has 0 saturated carbocycles. The van der Waals surface area contributed by atoms with Crippen LogP contribution in [0.2, 0.25) is 10.0 Å². The van der Waals surface area contributed by atoms with Crippen molar-refractivity contribution in [3.05, 3.63) is 63.1 Å². The van der Waals surface area contributed by atoms with Crippen LogP contribution in [0.1, 0.15) is 22.9 Å². The van der Waals surface area contributed by atoms with Gasteiger partial charge in [0.25, 0.3) is 0 Å². The van der Waals surface area contributed by atoms with Crippen LogP contribution in [0.3, 0.4) is 0 Å². The van der Waals surface area contributed by atoms with Gasteiger partial charge in [0.15, 0.2) is 0 Å². The predicted octanol–water partition coefficient (Wildman–Crippen LogP) is 5.21. The molecule has 1 aliphatic rings. The molecule has 3 rings (SSSR count). The van der Waals surface area contributed by atoms with Gasteiger partial charge in [-0.1, -0.05) is 47.5 Å². The van der Waals surface area contributed by atoms with Gasteiger partial charge in [-0.05, 0) is 29.7 Å². The lowest BCUT2D eigenvalue weighted by Crippen LogP contribution is -2.02. The summed E-state index contributed by atoms with van der Waals surface area (Å²) in [6.07, 6.45) is 0.213. The first-order valence-corrected chi connectivity index (χ1v) is 7.34. The third-order valence-electron chi connectivity index (χ3n) is 3.62. The number of rotatable bonds is 3. The lowest BCUT2D eigenvalue weighted by molar-refractivity contribution is 0.343.